The van der Waals surface area contributed by atoms with Crippen molar-refractivity contribution in [3.05, 3.63) is 84.4 Å². The third kappa shape index (κ3) is 9.39. The highest BCUT2D eigenvalue weighted by molar-refractivity contribution is 5.94. The van der Waals surface area contributed by atoms with Crippen molar-refractivity contribution >= 4 is 34.6 Å². The number of hydrogen-bond acceptors (Lipinski definition) is 14. The molecule has 6 aliphatic heterocycles. The van der Waals surface area contributed by atoms with Gasteiger partial charge in [-0.2, -0.15) is 0 Å². The number of benzene rings is 2. The molecule has 2 fully saturated rings. The summed E-state index contributed by atoms with van der Waals surface area (Å²) >= 11 is 0. The third-order valence-corrected chi connectivity index (χ3v) is 11.9. The summed E-state index contributed by atoms with van der Waals surface area (Å²) < 4.78 is 23.0. The van der Waals surface area contributed by atoms with Crippen molar-refractivity contribution < 1.29 is 28.5 Å². The Morgan fingerprint density at radius 1 is 0.617 bits per heavy atom. The Labute approximate surface area is 350 Å². The molecule has 2 unspecified atom stereocenters. The van der Waals surface area contributed by atoms with Gasteiger partial charge in [-0.05, 0) is 112 Å². The second-order valence-electron chi connectivity index (χ2n) is 16.1. The lowest BCUT2D eigenvalue weighted by Crippen LogP contribution is -2.44. The molecule has 6 N–H and O–H groups in total. The van der Waals surface area contributed by atoms with Gasteiger partial charge in [-0.1, -0.05) is 6.07 Å². The average Bonchev–Trinajstić information content (AvgIpc) is 3.93. The van der Waals surface area contributed by atoms with Crippen molar-refractivity contribution in [1.29, 1.82) is 0 Å². The SMILES string of the molecule is O=C(NCC1CCN(CC2Nc3ccc4c(c3N2)OCCO4)CC1)c1ccccn1.O=C(NCC1CCN(CC2Nc3ccc4c(c3N2)OCCO4)CC1)c1cccnc1. The Morgan fingerprint density at radius 2 is 1.17 bits per heavy atom. The van der Waals surface area contributed by atoms with Crippen molar-refractivity contribution in [3.63, 3.8) is 0 Å². The lowest BCUT2D eigenvalue weighted by Gasteiger charge is -2.33. The van der Waals surface area contributed by atoms with Gasteiger partial charge in [0.2, 0.25) is 0 Å². The zero-order valence-electron chi connectivity index (χ0n) is 33.8. The van der Waals surface area contributed by atoms with E-state index in [0.29, 0.717) is 56.1 Å². The van der Waals surface area contributed by atoms with Gasteiger partial charge in [0.25, 0.3) is 11.8 Å². The van der Waals surface area contributed by atoms with Crippen LogP contribution in [0.4, 0.5) is 22.7 Å². The van der Waals surface area contributed by atoms with E-state index in [1.807, 2.05) is 36.4 Å². The van der Waals surface area contributed by atoms with Crippen molar-refractivity contribution in [3.8, 4) is 23.0 Å². The van der Waals surface area contributed by atoms with Crippen molar-refractivity contribution in [1.82, 2.24) is 30.4 Å². The van der Waals surface area contributed by atoms with Crippen LogP contribution in [0.2, 0.25) is 0 Å². The number of amides is 2. The molecule has 0 saturated carbocycles. The number of anilines is 4. The second kappa shape index (κ2) is 18.5. The van der Waals surface area contributed by atoms with E-state index in [1.54, 1.807) is 36.8 Å². The zero-order chi connectivity index (χ0) is 40.7. The van der Waals surface area contributed by atoms with Gasteiger partial charge in [0, 0.05) is 44.8 Å². The smallest absolute Gasteiger partial charge is 0.269 e. The van der Waals surface area contributed by atoms with Crippen molar-refractivity contribution in [2.45, 2.75) is 38.0 Å². The highest BCUT2D eigenvalue weighted by Gasteiger charge is 2.31. The highest BCUT2D eigenvalue weighted by atomic mass is 16.6. The molecule has 316 valence electrons. The van der Waals surface area contributed by atoms with Crippen LogP contribution >= 0.6 is 0 Å². The van der Waals surface area contributed by atoms with Gasteiger partial charge in [0.15, 0.2) is 23.0 Å². The van der Waals surface area contributed by atoms with Crippen LogP contribution in [-0.4, -0.2) is 123 Å². The molecule has 6 aliphatic rings. The van der Waals surface area contributed by atoms with E-state index in [1.165, 1.54) is 0 Å². The van der Waals surface area contributed by atoms with Gasteiger partial charge in [-0.3, -0.25) is 29.4 Å². The molecule has 2 atom stereocenters. The molecule has 8 heterocycles. The number of pyridine rings is 2. The molecule has 4 aromatic rings. The summed E-state index contributed by atoms with van der Waals surface area (Å²) in [6, 6.07) is 17.0. The molecular formula is C44H54N10O6. The molecule has 0 radical (unpaired) electrons. The Kier molecular flexibility index (Phi) is 12.2. The summed E-state index contributed by atoms with van der Waals surface area (Å²) in [7, 11) is 0. The average molecular weight is 819 g/mol. The molecule has 0 aliphatic carbocycles. The first-order chi connectivity index (χ1) is 29.5. The van der Waals surface area contributed by atoms with Crippen LogP contribution in [0.15, 0.2) is 73.2 Å². The molecular weight excluding hydrogens is 765 g/mol. The maximum Gasteiger partial charge on any atom is 0.269 e. The minimum Gasteiger partial charge on any atom is -0.486 e. The minimum atomic E-state index is -0.0929. The first-order valence-corrected chi connectivity index (χ1v) is 21.3. The quantitative estimate of drug-likeness (QED) is 0.134. The van der Waals surface area contributed by atoms with Gasteiger partial charge in [-0.15, -0.1) is 0 Å². The van der Waals surface area contributed by atoms with E-state index < -0.39 is 0 Å². The second-order valence-corrected chi connectivity index (χ2v) is 16.1. The van der Waals surface area contributed by atoms with Gasteiger partial charge in [-0.25, -0.2) is 0 Å². The van der Waals surface area contributed by atoms with Crippen LogP contribution in [0.3, 0.4) is 0 Å². The Morgan fingerprint density at radius 3 is 1.68 bits per heavy atom. The molecule has 0 bridgehead atoms. The first kappa shape index (κ1) is 39.5. The van der Waals surface area contributed by atoms with Gasteiger partial charge < -0.3 is 50.8 Å². The predicted molar refractivity (Wildman–Crippen MR) is 228 cm³/mol. The molecule has 16 heteroatoms. The number of ether oxygens (including phenoxy) is 4. The van der Waals surface area contributed by atoms with E-state index in [-0.39, 0.29) is 24.1 Å². The van der Waals surface area contributed by atoms with Crippen LogP contribution < -0.4 is 50.8 Å². The molecule has 0 spiro atoms. The maximum absolute atomic E-state index is 12.2. The fraction of sp³-hybridized carbons (Fsp3) is 0.455. The maximum atomic E-state index is 12.2. The largest absolute Gasteiger partial charge is 0.486 e. The number of likely N-dealkylation sites (tertiary alicyclic amines) is 2. The zero-order valence-corrected chi connectivity index (χ0v) is 33.8. The molecule has 2 aromatic heterocycles. The van der Waals surface area contributed by atoms with Crippen LogP contribution in [0.1, 0.15) is 46.5 Å². The lowest BCUT2D eigenvalue weighted by molar-refractivity contribution is 0.0925. The van der Waals surface area contributed by atoms with E-state index in [2.05, 4.69) is 51.7 Å². The number of carbonyl (C=O) groups is 2. The van der Waals surface area contributed by atoms with E-state index in [4.69, 9.17) is 18.9 Å². The summed E-state index contributed by atoms with van der Waals surface area (Å²) in [6.45, 7) is 9.73. The van der Waals surface area contributed by atoms with Gasteiger partial charge in [0.05, 0.1) is 16.9 Å². The van der Waals surface area contributed by atoms with Gasteiger partial charge in [0.1, 0.15) is 55.8 Å². The molecule has 2 amide bonds. The fourth-order valence-electron chi connectivity index (χ4n) is 8.66. The van der Waals surface area contributed by atoms with E-state index in [9.17, 15) is 9.59 Å². The van der Waals surface area contributed by atoms with E-state index in [0.717, 1.165) is 117 Å². The van der Waals surface area contributed by atoms with E-state index >= 15 is 0 Å². The third-order valence-electron chi connectivity index (χ3n) is 11.9. The monoisotopic (exact) mass is 818 g/mol. The number of nitrogens with one attached hydrogen (secondary N) is 6. The number of piperidine rings is 2. The molecule has 16 nitrogen and oxygen atoms in total. The van der Waals surface area contributed by atoms with Crippen molar-refractivity contribution in [2.75, 3.05) is 100 Å². The number of nitrogens with zero attached hydrogens (tertiary/aromatic N) is 4. The molecule has 2 aromatic carbocycles. The lowest BCUT2D eigenvalue weighted by atomic mass is 9.96. The highest BCUT2D eigenvalue weighted by Crippen LogP contribution is 2.47. The summed E-state index contributed by atoms with van der Waals surface area (Å²) in [5.41, 5.74) is 5.23. The summed E-state index contributed by atoms with van der Waals surface area (Å²) in [5.74, 6) is 4.14. The Hall–Kier alpha value is -6.00. The summed E-state index contributed by atoms with van der Waals surface area (Å²) in [5, 5.41) is 20.3. The van der Waals surface area contributed by atoms with Crippen LogP contribution in [0.25, 0.3) is 0 Å². The summed E-state index contributed by atoms with van der Waals surface area (Å²) in [4.78, 5) is 37.4. The fourth-order valence-corrected chi connectivity index (χ4v) is 8.66. The topological polar surface area (TPSA) is 176 Å². The number of aromatic nitrogens is 2. The van der Waals surface area contributed by atoms with Crippen LogP contribution in [0.5, 0.6) is 23.0 Å². The summed E-state index contributed by atoms with van der Waals surface area (Å²) in [6.07, 6.45) is 9.55. The van der Waals surface area contributed by atoms with Crippen LogP contribution in [-0.2, 0) is 0 Å². The standard InChI is InChI=1S/2C22H27N5O3/c28-22(16-2-1-7-23-13-16)24-12-15-5-8-27(9-6-15)14-19-25-17-3-4-18-21(20(17)26-19)30-11-10-29-18;28-22(17-3-1-2-8-23-17)24-13-15-6-9-27(10-7-15)14-19-25-16-4-5-18-21(20(16)26-19)30-12-11-29-18/h1-4,7,13,15,19,25-26H,5-6,8-12,14H2,(H,24,28);1-5,8,15,19,25-26H,6-7,9-14H2,(H,24,28). The number of fused-ring (bicyclic) bond motifs is 6. The number of hydrogen-bond donors (Lipinski definition) is 6. The normalized spacial score (nSPS) is 20.7. The Balaban J connectivity index is 0.000000154. The van der Waals surface area contributed by atoms with Crippen molar-refractivity contribution in [2.24, 2.45) is 11.8 Å². The Bertz CT molecular complexity index is 1950. The number of rotatable bonds is 10. The van der Waals surface area contributed by atoms with Gasteiger partial charge >= 0.3 is 0 Å². The predicted octanol–water partition coefficient (Wildman–Crippen LogP) is 4.32. The minimum absolute atomic E-state index is 0.0443. The first-order valence-electron chi connectivity index (χ1n) is 21.3. The van der Waals surface area contributed by atoms with Crippen LogP contribution in [0, 0.1) is 11.8 Å². The molecule has 10 rings (SSSR count). The molecule has 2 saturated heterocycles. The number of carbonyl (C=O) groups excluding carboxylic acids is 2. The molecule has 60 heavy (non-hydrogen) atoms.